The molecule has 3 fully saturated rings. The van der Waals surface area contributed by atoms with E-state index < -0.39 is 24.5 Å². The van der Waals surface area contributed by atoms with E-state index >= 15 is 0 Å². The van der Waals surface area contributed by atoms with Gasteiger partial charge in [0.05, 0.1) is 12.0 Å². The van der Waals surface area contributed by atoms with Crippen LogP contribution in [-0.2, 0) is 4.74 Å². The largest absolute Gasteiger partial charge is 0.573 e. The summed E-state index contributed by atoms with van der Waals surface area (Å²) in [6, 6.07) is 5.87. The Morgan fingerprint density at radius 2 is 1.22 bits per heavy atom. The first kappa shape index (κ1) is 27.4. The van der Waals surface area contributed by atoms with Gasteiger partial charge >= 0.3 is 12.5 Å². The second-order valence-corrected chi connectivity index (χ2v) is 11.3. The van der Waals surface area contributed by atoms with E-state index in [4.69, 9.17) is 4.74 Å². The Kier molecular flexibility index (Phi) is 9.00. The second-order valence-electron chi connectivity index (χ2n) is 11.3. The molecule has 0 atom stereocenters. The molecule has 202 valence electrons. The first-order chi connectivity index (χ1) is 17.1. The molecule has 0 heterocycles. The molecule has 0 saturated heterocycles. The lowest BCUT2D eigenvalue weighted by Crippen LogP contribution is -2.38. The fraction of sp³-hybridized carbons (Fsp3) is 0.724. The molecule has 36 heavy (non-hydrogen) atoms. The summed E-state index contributed by atoms with van der Waals surface area (Å²) in [5.41, 5.74) is 0.906. The zero-order valence-corrected chi connectivity index (χ0v) is 21.1. The van der Waals surface area contributed by atoms with Crippen LogP contribution in [0.2, 0.25) is 0 Å². The summed E-state index contributed by atoms with van der Waals surface area (Å²) in [5.74, 6) is 1.04. The van der Waals surface area contributed by atoms with Gasteiger partial charge in [-0.3, -0.25) is 0 Å². The van der Waals surface area contributed by atoms with E-state index in [1.807, 2.05) is 0 Å². The van der Waals surface area contributed by atoms with Gasteiger partial charge < -0.3 is 9.47 Å². The lowest BCUT2D eigenvalue weighted by molar-refractivity contribution is -0.301. The van der Waals surface area contributed by atoms with Crippen LogP contribution in [0.25, 0.3) is 0 Å². The van der Waals surface area contributed by atoms with Gasteiger partial charge in [0.2, 0.25) is 0 Å². The molecule has 7 heteroatoms. The number of ether oxygens (including phenoxy) is 2. The van der Waals surface area contributed by atoms with Crippen LogP contribution < -0.4 is 4.74 Å². The highest BCUT2D eigenvalue weighted by molar-refractivity contribution is 5.30. The topological polar surface area (TPSA) is 18.5 Å². The highest BCUT2D eigenvalue weighted by Crippen LogP contribution is 2.43. The summed E-state index contributed by atoms with van der Waals surface area (Å²) in [4.78, 5) is 0. The standard InChI is InChI=1S/C29H39F5O2/c1-20-2-4-21(5-3-20)6-7-22-8-14-25(15-9-22)28(30,31)35-26-16-10-23(11-17-26)24-12-18-27(19-13-24)36-29(32,33)34/h6-7,12-13,18-23,25-26H,2-5,8-11,14-17H2,1H3/b7-6+. The van der Waals surface area contributed by atoms with Gasteiger partial charge in [0, 0.05) is 0 Å². The third kappa shape index (κ3) is 7.93. The molecule has 0 spiro atoms. The van der Waals surface area contributed by atoms with Crippen LogP contribution in [0.1, 0.15) is 95.5 Å². The number of hydrogen-bond acceptors (Lipinski definition) is 2. The first-order valence-electron chi connectivity index (χ1n) is 13.7. The number of halogens is 5. The predicted molar refractivity (Wildman–Crippen MR) is 130 cm³/mol. The van der Waals surface area contributed by atoms with Crippen LogP contribution in [0.5, 0.6) is 5.75 Å². The summed E-state index contributed by atoms with van der Waals surface area (Å²) in [7, 11) is 0. The molecule has 3 saturated carbocycles. The Morgan fingerprint density at radius 1 is 0.694 bits per heavy atom. The predicted octanol–water partition coefficient (Wildman–Crippen LogP) is 9.41. The van der Waals surface area contributed by atoms with E-state index in [1.165, 1.54) is 37.8 Å². The molecule has 1 aromatic rings. The van der Waals surface area contributed by atoms with Crippen molar-refractivity contribution in [1.82, 2.24) is 0 Å². The van der Waals surface area contributed by atoms with E-state index in [2.05, 4.69) is 23.8 Å². The molecule has 0 N–H and O–H groups in total. The summed E-state index contributed by atoms with van der Waals surface area (Å²) in [5, 5.41) is 0. The molecule has 3 aliphatic carbocycles. The smallest absolute Gasteiger partial charge is 0.406 e. The van der Waals surface area contributed by atoms with Gasteiger partial charge in [-0.25, -0.2) is 0 Å². The molecule has 0 aliphatic heterocycles. The fourth-order valence-corrected chi connectivity index (χ4v) is 6.21. The SMILES string of the molecule is CC1CCC(/C=C/C2CCC(C(F)(F)OC3CCC(c4ccc(OC(F)(F)F)cc4)CC3)CC2)CC1. The molecule has 3 aliphatic rings. The molecule has 0 bridgehead atoms. The van der Waals surface area contributed by atoms with Crippen molar-refractivity contribution in [2.75, 3.05) is 0 Å². The van der Waals surface area contributed by atoms with Gasteiger partial charge in [0.15, 0.2) is 0 Å². The van der Waals surface area contributed by atoms with Gasteiger partial charge in [-0.15, -0.1) is 13.2 Å². The third-order valence-electron chi connectivity index (χ3n) is 8.55. The monoisotopic (exact) mass is 514 g/mol. The normalized spacial score (nSPS) is 32.5. The van der Waals surface area contributed by atoms with Crippen LogP contribution >= 0.6 is 0 Å². The second kappa shape index (κ2) is 11.8. The minimum Gasteiger partial charge on any atom is -0.406 e. The van der Waals surface area contributed by atoms with Crippen molar-refractivity contribution >= 4 is 0 Å². The molecule has 0 aromatic heterocycles. The van der Waals surface area contributed by atoms with E-state index in [0.29, 0.717) is 50.4 Å². The Balaban J connectivity index is 1.19. The summed E-state index contributed by atoms with van der Waals surface area (Å²) >= 11 is 0. The van der Waals surface area contributed by atoms with E-state index in [1.54, 1.807) is 12.1 Å². The van der Waals surface area contributed by atoms with Gasteiger partial charge in [0.1, 0.15) is 5.75 Å². The Labute approximate surface area is 211 Å². The average Bonchev–Trinajstić information content (AvgIpc) is 2.84. The molecule has 0 radical (unpaired) electrons. The third-order valence-corrected chi connectivity index (χ3v) is 8.55. The maximum absolute atomic E-state index is 15.0. The molecule has 1 aromatic carbocycles. The lowest BCUT2D eigenvalue weighted by atomic mass is 9.79. The Morgan fingerprint density at radius 3 is 1.75 bits per heavy atom. The van der Waals surface area contributed by atoms with E-state index in [-0.39, 0.29) is 11.7 Å². The number of rotatable bonds is 7. The van der Waals surface area contributed by atoms with Gasteiger partial charge in [-0.1, -0.05) is 44.1 Å². The number of benzene rings is 1. The van der Waals surface area contributed by atoms with Crippen molar-refractivity contribution in [1.29, 1.82) is 0 Å². The maximum atomic E-state index is 15.0. The fourth-order valence-electron chi connectivity index (χ4n) is 6.21. The minimum atomic E-state index is -4.72. The van der Waals surface area contributed by atoms with Crippen LogP contribution in [0, 0.1) is 23.7 Å². The zero-order chi connectivity index (χ0) is 25.8. The van der Waals surface area contributed by atoms with Crippen molar-refractivity contribution < 1.29 is 31.4 Å². The molecule has 2 nitrogen and oxygen atoms in total. The Bertz CT molecular complexity index is 826. The Hall–Kier alpha value is -1.63. The van der Waals surface area contributed by atoms with E-state index in [9.17, 15) is 22.0 Å². The summed E-state index contributed by atoms with van der Waals surface area (Å²) in [6.07, 6.45) is 6.40. The molecule has 4 rings (SSSR count). The lowest BCUT2D eigenvalue weighted by Gasteiger charge is -2.36. The van der Waals surface area contributed by atoms with Crippen LogP contribution in [0.15, 0.2) is 36.4 Å². The van der Waals surface area contributed by atoms with Crippen molar-refractivity contribution in [2.24, 2.45) is 23.7 Å². The molecular formula is C29H39F5O2. The molecule has 0 unspecified atom stereocenters. The summed E-state index contributed by atoms with van der Waals surface area (Å²) in [6.45, 7) is 2.31. The number of hydrogen-bond donors (Lipinski definition) is 0. The van der Waals surface area contributed by atoms with Gasteiger partial charge in [-0.05, 0) is 106 Å². The zero-order valence-electron chi connectivity index (χ0n) is 21.1. The van der Waals surface area contributed by atoms with Gasteiger partial charge in [-0.2, -0.15) is 8.78 Å². The van der Waals surface area contributed by atoms with Crippen molar-refractivity contribution in [3.63, 3.8) is 0 Å². The average molecular weight is 515 g/mol. The van der Waals surface area contributed by atoms with Crippen LogP contribution in [0.4, 0.5) is 22.0 Å². The minimum absolute atomic E-state index is 0.132. The van der Waals surface area contributed by atoms with Crippen molar-refractivity contribution in [3.05, 3.63) is 42.0 Å². The molecule has 0 amide bonds. The number of allylic oxidation sites excluding steroid dienone is 2. The van der Waals surface area contributed by atoms with Gasteiger partial charge in [0.25, 0.3) is 0 Å². The summed E-state index contributed by atoms with van der Waals surface area (Å²) < 4.78 is 76.3. The van der Waals surface area contributed by atoms with Crippen molar-refractivity contribution in [2.45, 2.75) is 108 Å². The van der Waals surface area contributed by atoms with E-state index in [0.717, 1.165) is 24.3 Å². The van der Waals surface area contributed by atoms with Crippen molar-refractivity contribution in [3.8, 4) is 5.75 Å². The van der Waals surface area contributed by atoms with Crippen LogP contribution in [0.3, 0.4) is 0 Å². The maximum Gasteiger partial charge on any atom is 0.573 e. The molecular weight excluding hydrogens is 475 g/mol. The van der Waals surface area contributed by atoms with Crippen LogP contribution in [-0.4, -0.2) is 18.6 Å². The quantitative estimate of drug-likeness (QED) is 0.267. The first-order valence-corrected chi connectivity index (χ1v) is 13.7. The number of alkyl halides is 5. The highest BCUT2D eigenvalue weighted by atomic mass is 19.4. The highest BCUT2D eigenvalue weighted by Gasteiger charge is 2.44.